The molecule has 0 bridgehead atoms. The highest BCUT2D eigenvalue weighted by atomic mass is 35.5. The second-order valence-corrected chi connectivity index (χ2v) is 7.04. The molecule has 3 aromatic heterocycles. The van der Waals surface area contributed by atoms with Crippen molar-refractivity contribution in [2.75, 3.05) is 19.5 Å². The third-order valence-corrected chi connectivity index (χ3v) is 4.79. The summed E-state index contributed by atoms with van der Waals surface area (Å²) in [6.07, 6.45) is 4.02. The Kier molecular flexibility index (Phi) is 6.43. The van der Waals surface area contributed by atoms with Gasteiger partial charge in [0.05, 0.1) is 30.3 Å². The molecule has 30 heavy (non-hydrogen) atoms. The van der Waals surface area contributed by atoms with E-state index >= 15 is 0 Å². The van der Waals surface area contributed by atoms with Crippen LogP contribution in [0.1, 0.15) is 35.7 Å². The number of nitrogens with two attached hydrogens (primary N) is 1. The van der Waals surface area contributed by atoms with Crippen LogP contribution >= 0.6 is 11.6 Å². The first-order chi connectivity index (χ1) is 14.3. The van der Waals surface area contributed by atoms with E-state index < -0.39 is 0 Å². The topological polar surface area (TPSA) is 105 Å². The fraction of sp³-hybridized carbons (Fsp3) is 0.333. The first kappa shape index (κ1) is 21.4. The number of carbonyl (C=O) groups is 1. The van der Waals surface area contributed by atoms with Gasteiger partial charge in [-0.15, -0.1) is 0 Å². The average molecular weight is 428 g/mol. The third kappa shape index (κ3) is 4.47. The van der Waals surface area contributed by atoms with E-state index in [1.165, 1.54) is 6.92 Å². The predicted octanol–water partition coefficient (Wildman–Crippen LogP) is 3.04. The lowest BCUT2D eigenvalue weighted by Crippen LogP contribution is -2.07. The van der Waals surface area contributed by atoms with Crippen LogP contribution < -0.4 is 10.5 Å². The number of aryl methyl sites for hydroxylation is 1. The SMILES string of the molecule is COc1c(C)cnc(Cn2cc(C#CCCOC(C)=O)c3c(Cl)nc(N)nc32)c1C. The highest BCUT2D eigenvalue weighted by Crippen LogP contribution is 2.29. The second kappa shape index (κ2) is 9.01. The van der Waals surface area contributed by atoms with Crippen LogP contribution in [0.3, 0.4) is 0 Å². The van der Waals surface area contributed by atoms with Gasteiger partial charge in [0.2, 0.25) is 5.95 Å². The molecular formula is C21H22ClN5O3. The molecule has 0 aliphatic carbocycles. The van der Waals surface area contributed by atoms with Crippen molar-refractivity contribution >= 4 is 34.6 Å². The van der Waals surface area contributed by atoms with E-state index in [4.69, 9.17) is 26.8 Å². The number of ether oxygens (including phenoxy) is 2. The average Bonchev–Trinajstić information content (AvgIpc) is 3.01. The fourth-order valence-electron chi connectivity index (χ4n) is 3.17. The first-order valence-electron chi connectivity index (χ1n) is 9.25. The molecule has 0 aromatic carbocycles. The lowest BCUT2D eigenvalue weighted by molar-refractivity contribution is -0.140. The number of nitrogens with zero attached hydrogens (tertiary/aromatic N) is 4. The smallest absolute Gasteiger partial charge is 0.302 e. The van der Waals surface area contributed by atoms with Crippen LogP contribution in [0.4, 0.5) is 5.95 Å². The Hall–Kier alpha value is -3.31. The van der Waals surface area contributed by atoms with Gasteiger partial charge in [0.15, 0.2) is 0 Å². The highest BCUT2D eigenvalue weighted by Gasteiger charge is 2.17. The van der Waals surface area contributed by atoms with Gasteiger partial charge < -0.3 is 19.8 Å². The number of anilines is 1. The van der Waals surface area contributed by atoms with Gasteiger partial charge in [-0.25, -0.2) is 4.98 Å². The Bertz CT molecular complexity index is 1180. The molecule has 156 valence electrons. The molecule has 3 aromatic rings. The van der Waals surface area contributed by atoms with E-state index in [0.717, 1.165) is 22.6 Å². The van der Waals surface area contributed by atoms with Gasteiger partial charge in [-0.3, -0.25) is 9.78 Å². The summed E-state index contributed by atoms with van der Waals surface area (Å²) in [5.41, 5.74) is 9.79. The Balaban J connectivity index is 2.02. The predicted molar refractivity (Wildman–Crippen MR) is 114 cm³/mol. The van der Waals surface area contributed by atoms with Crippen molar-refractivity contribution in [2.24, 2.45) is 0 Å². The number of pyridine rings is 1. The van der Waals surface area contributed by atoms with Crippen molar-refractivity contribution in [1.82, 2.24) is 19.5 Å². The Morgan fingerprint density at radius 2 is 2.10 bits per heavy atom. The lowest BCUT2D eigenvalue weighted by atomic mass is 10.1. The molecule has 0 radical (unpaired) electrons. The monoisotopic (exact) mass is 427 g/mol. The summed E-state index contributed by atoms with van der Waals surface area (Å²) >= 11 is 6.35. The summed E-state index contributed by atoms with van der Waals surface area (Å²) < 4.78 is 12.3. The fourth-order valence-corrected chi connectivity index (χ4v) is 3.44. The number of esters is 1. The Morgan fingerprint density at radius 1 is 1.33 bits per heavy atom. The van der Waals surface area contributed by atoms with Crippen LogP contribution in [0.2, 0.25) is 5.15 Å². The van der Waals surface area contributed by atoms with Crippen LogP contribution in [-0.4, -0.2) is 39.2 Å². The third-order valence-electron chi connectivity index (χ3n) is 4.51. The van der Waals surface area contributed by atoms with E-state index in [9.17, 15) is 4.79 Å². The number of halogens is 1. The minimum Gasteiger partial charge on any atom is -0.496 e. The number of rotatable bonds is 5. The van der Waals surface area contributed by atoms with Gasteiger partial charge in [0.1, 0.15) is 23.2 Å². The maximum absolute atomic E-state index is 10.9. The van der Waals surface area contributed by atoms with Crippen molar-refractivity contribution in [3.63, 3.8) is 0 Å². The molecular weight excluding hydrogens is 406 g/mol. The Morgan fingerprint density at radius 3 is 2.80 bits per heavy atom. The van der Waals surface area contributed by atoms with Crippen molar-refractivity contribution < 1.29 is 14.3 Å². The molecule has 2 N–H and O–H groups in total. The van der Waals surface area contributed by atoms with Crippen LogP contribution in [0.25, 0.3) is 11.0 Å². The molecule has 0 aliphatic heterocycles. The van der Waals surface area contributed by atoms with E-state index in [1.54, 1.807) is 13.3 Å². The number of nitrogen functional groups attached to an aromatic ring is 1. The molecule has 0 fully saturated rings. The minimum atomic E-state index is -0.336. The molecule has 0 spiro atoms. The van der Waals surface area contributed by atoms with Crippen LogP contribution in [0.5, 0.6) is 5.75 Å². The molecule has 8 nitrogen and oxygen atoms in total. The normalized spacial score (nSPS) is 10.6. The molecule has 3 heterocycles. The van der Waals surface area contributed by atoms with Crippen molar-refractivity contribution in [3.05, 3.63) is 39.9 Å². The van der Waals surface area contributed by atoms with Gasteiger partial charge in [0, 0.05) is 36.9 Å². The molecule has 0 saturated heterocycles. The van der Waals surface area contributed by atoms with Gasteiger partial charge in [-0.1, -0.05) is 23.4 Å². The number of fused-ring (bicyclic) bond motifs is 1. The zero-order chi connectivity index (χ0) is 21.8. The second-order valence-electron chi connectivity index (χ2n) is 6.68. The van der Waals surface area contributed by atoms with Crippen molar-refractivity contribution in [3.8, 4) is 17.6 Å². The van der Waals surface area contributed by atoms with E-state index in [1.807, 2.05) is 24.6 Å². The standard InChI is InChI=1S/C21H22ClN5O3/c1-12-9-24-16(13(2)18(12)29-4)11-27-10-15(7-5-6-8-30-14(3)28)17-19(22)25-21(23)26-20(17)27/h9-10H,6,8,11H2,1-4H3,(H2,23,25,26). The number of hydrogen-bond donors (Lipinski definition) is 1. The summed E-state index contributed by atoms with van der Waals surface area (Å²) in [6.45, 7) is 5.93. The maximum Gasteiger partial charge on any atom is 0.302 e. The summed E-state index contributed by atoms with van der Waals surface area (Å²) in [4.78, 5) is 23.8. The van der Waals surface area contributed by atoms with Crippen LogP contribution in [-0.2, 0) is 16.1 Å². The minimum absolute atomic E-state index is 0.0763. The molecule has 9 heteroatoms. The summed E-state index contributed by atoms with van der Waals surface area (Å²) in [6, 6.07) is 0. The van der Waals surface area contributed by atoms with Gasteiger partial charge in [-0.05, 0) is 13.8 Å². The summed E-state index contributed by atoms with van der Waals surface area (Å²) in [5, 5.41) is 0.842. The Labute approximate surface area is 179 Å². The zero-order valence-corrected chi connectivity index (χ0v) is 18.0. The van der Waals surface area contributed by atoms with E-state index in [0.29, 0.717) is 29.6 Å². The van der Waals surface area contributed by atoms with Crippen LogP contribution in [0.15, 0.2) is 12.4 Å². The van der Waals surface area contributed by atoms with Gasteiger partial charge in [0.25, 0.3) is 0 Å². The highest BCUT2D eigenvalue weighted by molar-refractivity contribution is 6.34. The molecule has 0 aliphatic rings. The molecule has 3 rings (SSSR count). The van der Waals surface area contributed by atoms with Gasteiger partial charge >= 0.3 is 5.97 Å². The molecule has 0 unspecified atom stereocenters. The molecule has 0 atom stereocenters. The summed E-state index contributed by atoms with van der Waals surface area (Å²) in [5.74, 6) is 6.59. The molecule has 0 saturated carbocycles. The lowest BCUT2D eigenvalue weighted by Gasteiger charge is -2.13. The largest absolute Gasteiger partial charge is 0.496 e. The first-order valence-corrected chi connectivity index (χ1v) is 9.62. The number of carbonyl (C=O) groups excluding carboxylic acids is 1. The number of methoxy groups -OCH3 is 1. The zero-order valence-electron chi connectivity index (χ0n) is 17.2. The van der Waals surface area contributed by atoms with Crippen LogP contribution in [0, 0.1) is 25.7 Å². The summed E-state index contributed by atoms with van der Waals surface area (Å²) in [7, 11) is 1.64. The van der Waals surface area contributed by atoms with Crippen molar-refractivity contribution in [1.29, 1.82) is 0 Å². The number of hydrogen-bond acceptors (Lipinski definition) is 7. The van der Waals surface area contributed by atoms with E-state index in [2.05, 4.69) is 26.8 Å². The van der Waals surface area contributed by atoms with Gasteiger partial charge in [-0.2, -0.15) is 4.98 Å². The van der Waals surface area contributed by atoms with Crippen molar-refractivity contribution in [2.45, 2.75) is 33.7 Å². The number of aromatic nitrogens is 4. The molecule has 0 amide bonds. The van der Waals surface area contributed by atoms with E-state index in [-0.39, 0.29) is 23.7 Å². The maximum atomic E-state index is 10.9. The quantitative estimate of drug-likeness (QED) is 0.288.